The number of aryl methyl sites for hydroxylation is 1. The summed E-state index contributed by atoms with van der Waals surface area (Å²) < 4.78 is 1.89. The maximum absolute atomic E-state index is 13.9. The topological polar surface area (TPSA) is 96.2 Å². The van der Waals surface area contributed by atoms with Gasteiger partial charge in [0.25, 0.3) is 0 Å². The molecule has 9 heteroatoms. The molecule has 6 rings (SSSR count). The molecule has 2 aromatic heterocycles. The van der Waals surface area contributed by atoms with Gasteiger partial charge in [0.2, 0.25) is 11.8 Å². The van der Waals surface area contributed by atoms with E-state index in [-0.39, 0.29) is 17.9 Å². The Labute approximate surface area is 249 Å². The summed E-state index contributed by atoms with van der Waals surface area (Å²) in [6, 6.07) is 7.50. The number of rotatable bonds is 8. The molecule has 2 aliphatic heterocycles. The third kappa shape index (κ3) is 5.43. The molecule has 4 heterocycles. The number of carbonyl (C=O) groups excluding carboxylic acids is 2. The van der Waals surface area contributed by atoms with E-state index in [0.717, 1.165) is 61.3 Å². The van der Waals surface area contributed by atoms with Crippen LogP contribution in [-0.4, -0.2) is 72.6 Å². The fourth-order valence-electron chi connectivity index (χ4n) is 7.41. The first-order valence-electron chi connectivity index (χ1n) is 16.0. The van der Waals surface area contributed by atoms with Gasteiger partial charge < -0.3 is 10.2 Å². The van der Waals surface area contributed by atoms with Crippen LogP contribution in [0.4, 0.5) is 0 Å². The van der Waals surface area contributed by atoms with Gasteiger partial charge in [-0.3, -0.25) is 19.5 Å². The van der Waals surface area contributed by atoms with Gasteiger partial charge in [0.15, 0.2) is 5.82 Å². The average molecular weight is 572 g/mol. The summed E-state index contributed by atoms with van der Waals surface area (Å²) in [6.45, 7) is 9.23. The molecule has 42 heavy (non-hydrogen) atoms. The summed E-state index contributed by atoms with van der Waals surface area (Å²) >= 11 is 0. The highest BCUT2D eigenvalue weighted by atomic mass is 16.2. The normalized spacial score (nSPS) is 21.8. The maximum Gasteiger partial charge on any atom is 0.246 e. The molecule has 3 aromatic rings. The Morgan fingerprint density at radius 3 is 2.50 bits per heavy atom. The Hall–Kier alpha value is -3.33. The molecule has 1 saturated carbocycles. The molecule has 2 saturated heterocycles. The maximum atomic E-state index is 13.9. The Morgan fingerprint density at radius 1 is 1.02 bits per heavy atom. The lowest BCUT2D eigenvalue weighted by Gasteiger charge is -2.52. The lowest BCUT2D eigenvalue weighted by Crippen LogP contribution is -2.73. The molecule has 224 valence electrons. The van der Waals surface area contributed by atoms with Crippen molar-refractivity contribution in [1.29, 1.82) is 0 Å². The number of likely N-dealkylation sites (tertiary alicyclic amines) is 1. The quantitative estimate of drug-likeness (QED) is 0.415. The summed E-state index contributed by atoms with van der Waals surface area (Å²) in [4.78, 5) is 41.5. The molecule has 3 fully saturated rings. The number of unbranched alkanes of at least 4 members (excludes halogenated alkanes) is 1. The van der Waals surface area contributed by atoms with Crippen molar-refractivity contribution >= 4 is 22.8 Å². The van der Waals surface area contributed by atoms with Crippen molar-refractivity contribution in [1.82, 2.24) is 34.9 Å². The third-order valence-electron chi connectivity index (χ3n) is 10.00. The molecular weight excluding hydrogens is 526 g/mol. The molecule has 0 bridgehead atoms. The lowest BCUT2D eigenvalue weighted by atomic mass is 9.79. The van der Waals surface area contributed by atoms with Crippen molar-refractivity contribution < 1.29 is 9.59 Å². The molecule has 1 unspecified atom stereocenters. The van der Waals surface area contributed by atoms with E-state index in [1.807, 2.05) is 40.8 Å². The fraction of sp³-hybridized carbons (Fsp3) is 0.606. The number of piperidine rings is 1. The molecular formula is C33H45N7O2. The van der Waals surface area contributed by atoms with Crippen LogP contribution in [0, 0.1) is 19.8 Å². The number of hydrogen-bond donors (Lipinski definition) is 1. The van der Waals surface area contributed by atoms with Crippen LogP contribution in [0.1, 0.15) is 88.1 Å². The van der Waals surface area contributed by atoms with E-state index in [1.54, 1.807) is 6.20 Å². The van der Waals surface area contributed by atoms with E-state index in [0.29, 0.717) is 31.1 Å². The molecule has 9 nitrogen and oxygen atoms in total. The molecule has 1 aliphatic carbocycles. The van der Waals surface area contributed by atoms with Crippen LogP contribution in [0.15, 0.2) is 30.5 Å². The summed E-state index contributed by atoms with van der Waals surface area (Å²) in [6.07, 6.45) is 12.0. The van der Waals surface area contributed by atoms with Gasteiger partial charge in [-0.2, -0.15) is 5.10 Å². The first-order chi connectivity index (χ1) is 20.4. The zero-order valence-corrected chi connectivity index (χ0v) is 25.4. The minimum absolute atomic E-state index is 0.0636. The number of amides is 2. The number of fused-ring (bicyclic) bond motifs is 1. The van der Waals surface area contributed by atoms with Crippen molar-refractivity contribution in [3.63, 3.8) is 0 Å². The standard InChI is InChI=1S/C33H45N7O2/c1-4-5-17-39-31(41)29(20-25-11-7-6-8-12-25)36-32(42)33(39)15-18-38(19-16-33)22-26-23(2)37-40(24(26)3)30-21-34-27-13-9-10-14-28(27)35-30/h9-10,13-14,21,25,29H,4-8,11-12,15-20,22H2,1-3H3,(H,36,42). The van der Waals surface area contributed by atoms with Crippen molar-refractivity contribution in [3.05, 3.63) is 47.4 Å². The van der Waals surface area contributed by atoms with Crippen molar-refractivity contribution in [3.8, 4) is 5.82 Å². The van der Waals surface area contributed by atoms with Crippen molar-refractivity contribution in [2.45, 2.75) is 103 Å². The fourth-order valence-corrected chi connectivity index (χ4v) is 7.41. The molecule has 2 amide bonds. The zero-order chi connectivity index (χ0) is 29.3. The van der Waals surface area contributed by atoms with Gasteiger partial charge in [-0.15, -0.1) is 0 Å². The molecule has 3 aliphatic rings. The molecule has 0 radical (unpaired) electrons. The van der Waals surface area contributed by atoms with Crippen LogP contribution < -0.4 is 5.32 Å². The van der Waals surface area contributed by atoms with E-state index >= 15 is 0 Å². The van der Waals surface area contributed by atoms with E-state index in [4.69, 9.17) is 10.1 Å². The molecule has 1 spiro atoms. The van der Waals surface area contributed by atoms with Crippen LogP contribution >= 0.6 is 0 Å². The van der Waals surface area contributed by atoms with Gasteiger partial charge in [0, 0.05) is 37.4 Å². The predicted molar refractivity (Wildman–Crippen MR) is 163 cm³/mol. The molecule has 1 N–H and O–H groups in total. The smallest absolute Gasteiger partial charge is 0.246 e. The van der Waals surface area contributed by atoms with E-state index in [2.05, 4.69) is 29.0 Å². The monoisotopic (exact) mass is 571 g/mol. The number of benzene rings is 1. The summed E-state index contributed by atoms with van der Waals surface area (Å²) in [5, 5.41) is 8.05. The molecule has 1 aromatic carbocycles. The van der Waals surface area contributed by atoms with Gasteiger partial charge in [0.1, 0.15) is 11.6 Å². The third-order valence-corrected chi connectivity index (χ3v) is 10.00. The Balaban J connectivity index is 1.16. The second-order valence-electron chi connectivity index (χ2n) is 12.7. The average Bonchev–Trinajstić information content (AvgIpc) is 3.29. The molecule has 1 atom stereocenters. The van der Waals surface area contributed by atoms with Crippen molar-refractivity contribution in [2.24, 2.45) is 5.92 Å². The number of hydrogen-bond acceptors (Lipinski definition) is 6. The zero-order valence-electron chi connectivity index (χ0n) is 25.4. The van der Waals surface area contributed by atoms with Crippen LogP contribution in [0.3, 0.4) is 0 Å². The lowest BCUT2D eigenvalue weighted by molar-refractivity contribution is -0.162. The van der Waals surface area contributed by atoms with Gasteiger partial charge in [-0.05, 0) is 57.6 Å². The van der Waals surface area contributed by atoms with Crippen LogP contribution in [-0.2, 0) is 16.1 Å². The highest BCUT2D eigenvalue weighted by Gasteiger charge is 2.53. The Kier molecular flexibility index (Phi) is 8.30. The van der Waals surface area contributed by atoms with E-state index < -0.39 is 5.54 Å². The van der Waals surface area contributed by atoms with Crippen LogP contribution in [0.25, 0.3) is 16.9 Å². The first kappa shape index (κ1) is 28.8. The summed E-state index contributed by atoms with van der Waals surface area (Å²) in [7, 11) is 0. The number of nitrogens with zero attached hydrogens (tertiary/aromatic N) is 6. The largest absolute Gasteiger partial charge is 0.342 e. The second-order valence-corrected chi connectivity index (χ2v) is 12.7. The Morgan fingerprint density at radius 2 is 1.76 bits per heavy atom. The summed E-state index contributed by atoms with van der Waals surface area (Å²) in [5.74, 6) is 1.47. The number of aromatic nitrogens is 4. The minimum Gasteiger partial charge on any atom is -0.342 e. The number of para-hydroxylation sites is 2. The minimum atomic E-state index is -0.735. The van der Waals surface area contributed by atoms with E-state index in [9.17, 15) is 9.59 Å². The number of carbonyl (C=O) groups is 2. The van der Waals surface area contributed by atoms with E-state index in [1.165, 1.54) is 37.7 Å². The van der Waals surface area contributed by atoms with Gasteiger partial charge in [-0.25, -0.2) is 9.67 Å². The second kappa shape index (κ2) is 12.1. The highest BCUT2D eigenvalue weighted by molar-refractivity contribution is 6.00. The van der Waals surface area contributed by atoms with Gasteiger partial charge in [0.05, 0.1) is 22.9 Å². The first-order valence-corrected chi connectivity index (χ1v) is 16.0. The SMILES string of the molecule is CCCCN1C(=O)C(CC2CCCCC2)NC(=O)C12CCN(Cc1c(C)nn(-c3cnc4ccccc4n3)c1C)CC2. The van der Waals surface area contributed by atoms with Crippen molar-refractivity contribution in [2.75, 3.05) is 19.6 Å². The Bertz CT molecular complexity index is 1440. The van der Waals surface area contributed by atoms with Gasteiger partial charge >= 0.3 is 0 Å². The number of piperazine rings is 1. The highest BCUT2D eigenvalue weighted by Crippen LogP contribution is 2.36. The summed E-state index contributed by atoms with van der Waals surface area (Å²) in [5.41, 5.74) is 4.19. The van der Waals surface area contributed by atoms with Gasteiger partial charge in [-0.1, -0.05) is 57.6 Å². The predicted octanol–water partition coefficient (Wildman–Crippen LogP) is 4.86. The van der Waals surface area contributed by atoms with Crippen LogP contribution in [0.5, 0.6) is 0 Å². The number of nitrogens with one attached hydrogen (secondary N) is 1. The van der Waals surface area contributed by atoms with Crippen LogP contribution in [0.2, 0.25) is 0 Å².